The third-order valence-corrected chi connectivity index (χ3v) is 7.37. The maximum Gasteiger partial charge on any atom is 0.228 e. The molecule has 1 saturated heterocycles. The number of carbonyl (C=O) groups is 1. The van der Waals surface area contributed by atoms with Gasteiger partial charge in [0.15, 0.2) is 0 Å². The van der Waals surface area contributed by atoms with E-state index in [0.29, 0.717) is 6.42 Å². The smallest absolute Gasteiger partial charge is 0.228 e. The lowest BCUT2D eigenvalue weighted by atomic mass is 10.2. The molecule has 4 rings (SSSR count). The van der Waals surface area contributed by atoms with Crippen molar-refractivity contribution in [2.45, 2.75) is 19.4 Å². The second-order valence-corrected chi connectivity index (χ2v) is 10.4. The number of amides is 1. The highest BCUT2D eigenvalue weighted by Gasteiger charge is 2.22. The monoisotopic (exact) mass is 475 g/mol. The summed E-state index contributed by atoms with van der Waals surface area (Å²) in [6.07, 6.45) is 1.24. The summed E-state index contributed by atoms with van der Waals surface area (Å²) in [5.41, 5.74) is 2.15. The van der Waals surface area contributed by atoms with E-state index in [4.69, 9.17) is 0 Å². The van der Waals surface area contributed by atoms with Crippen molar-refractivity contribution in [1.29, 1.82) is 0 Å². The highest BCUT2D eigenvalue weighted by molar-refractivity contribution is 9.11. The second-order valence-electron chi connectivity index (χ2n) is 6.93. The SMILES string of the molecule is O=C(Cc1csc(Cc2ccccc2)n1)N1CCN(Cc2ccc(Br)s2)CC1. The van der Waals surface area contributed by atoms with Gasteiger partial charge in [0.2, 0.25) is 5.91 Å². The van der Waals surface area contributed by atoms with E-state index in [-0.39, 0.29) is 5.91 Å². The molecule has 1 aliphatic rings. The fraction of sp³-hybridized carbons (Fsp3) is 0.333. The summed E-state index contributed by atoms with van der Waals surface area (Å²) in [6, 6.07) is 14.6. The van der Waals surface area contributed by atoms with Crippen LogP contribution in [0.25, 0.3) is 0 Å². The van der Waals surface area contributed by atoms with E-state index in [2.05, 4.69) is 50.1 Å². The predicted octanol–water partition coefficient (Wildman–Crippen LogP) is 4.44. The molecule has 4 nitrogen and oxygen atoms in total. The topological polar surface area (TPSA) is 36.4 Å². The van der Waals surface area contributed by atoms with E-state index in [1.165, 1.54) is 14.2 Å². The summed E-state index contributed by atoms with van der Waals surface area (Å²) in [7, 11) is 0. The first-order valence-electron chi connectivity index (χ1n) is 9.37. The van der Waals surface area contributed by atoms with Crippen LogP contribution in [-0.4, -0.2) is 46.9 Å². The van der Waals surface area contributed by atoms with Gasteiger partial charge in [0, 0.05) is 49.4 Å². The van der Waals surface area contributed by atoms with Crippen LogP contribution in [0.2, 0.25) is 0 Å². The summed E-state index contributed by atoms with van der Waals surface area (Å²) >= 11 is 6.94. The quantitative estimate of drug-likeness (QED) is 0.528. The van der Waals surface area contributed by atoms with Crippen LogP contribution in [0.1, 0.15) is 21.1 Å². The zero-order chi connectivity index (χ0) is 19.3. The minimum Gasteiger partial charge on any atom is -0.340 e. The number of halogens is 1. The van der Waals surface area contributed by atoms with Gasteiger partial charge in [0.05, 0.1) is 20.9 Å². The number of nitrogens with zero attached hydrogens (tertiary/aromatic N) is 3. The van der Waals surface area contributed by atoms with E-state index < -0.39 is 0 Å². The predicted molar refractivity (Wildman–Crippen MR) is 119 cm³/mol. The molecule has 3 aromatic rings. The Balaban J connectivity index is 1.25. The van der Waals surface area contributed by atoms with E-state index >= 15 is 0 Å². The van der Waals surface area contributed by atoms with Gasteiger partial charge < -0.3 is 4.90 Å². The van der Waals surface area contributed by atoms with Gasteiger partial charge in [-0.1, -0.05) is 30.3 Å². The lowest BCUT2D eigenvalue weighted by Crippen LogP contribution is -2.48. The molecule has 1 fully saturated rings. The number of hydrogen-bond donors (Lipinski definition) is 0. The largest absolute Gasteiger partial charge is 0.340 e. The number of benzene rings is 1. The molecule has 0 saturated carbocycles. The minimum atomic E-state index is 0.190. The molecule has 0 bridgehead atoms. The Labute approximate surface area is 182 Å². The Morgan fingerprint density at radius 1 is 1.07 bits per heavy atom. The van der Waals surface area contributed by atoms with Crippen molar-refractivity contribution in [2.24, 2.45) is 0 Å². The van der Waals surface area contributed by atoms with Gasteiger partial charge in [-0.3, -0.25) is 9.69 Å². The van der Waals surface area contributed by atoms with Crippen LogP contribution in [-0.2, 0) is 24.2 Å². The van der Waals surface area contributed by atoms with Crippen molar-refractivity contribution in [3.8, 4) is 0 Å². The molecule has 2 aromatic heterocycles. The van der Waals surface area contributed by atoms with E-state index in [0.717, 1.165) is 49.8 Å². The van der Waals surface area contributed by atoms with Crippen molar-refractivity contribution in [2.75, 3.05) is 26.2 Å². The molecule has 3 heterocycles. The molecule has 1 aromatic carbocycles. The standard InChI is InChI=1S/C21H22BrN3OS2/c22-19-7-6-18(28-19)14-24-8-10-25(11-9-24)21(26)13-17-15-27-20(23-17)12-16-4-2-1-3-5-16/h1-7,15H,8-14H2. The summed E-state index contributed by atoms with van der Waals surface area (Å²) in [5, 5.41) is 3.10. The van der Waals surface area contributed by atoms with Crippen molar-refractivity contribution >= 4 is 44.5 Å². The Kier molecular flexibility index (Phi) is 6.57. The summed E-state index contributed by atoms with van der Waals surface area (Å²) in [4.78, 5) is 23.1. The summed E-state index contributed by atoms with van der Waals surface area (Å²) in [5.74, 6) is 0.190. The van der Waals surface area contributed by atoms with Crippen molar-refractivity contribution in [1.82, 2.24) is 14.8 Å². The first kappa shape index (κ1) is 19.8. The van der Waals surface area contributed by atoms with E-state index in [1.807, 2.05) is 28.5 Å². The van der Waals surface area contributed by atoms with Crippen molar-refractivity contribution in [3.05, 3.63) is 72.8 Å². The van der Waals surface area contributed by atoms with Crippen LogP contribution in [0.15, 0.2) is 51.6 Å². The third-order valence-electron chi connectivity index (χ3n) is 4.86. The lowest BCUT2D eigenvalue weighted by molar-refractivity contribution is -0.132. The highest BCUT2D eigenvalue weighted by Crippen LogP contribution is 2.23. The number of thiophene rings is 1. The summed E-state index contributed by atoms with van der Waals surface area (Å²) in [6.45, 7) is 4.42. The van der Waals surface area contributed by atoms with Gasteiger partial charge in [-0.2, -0.15) is 0 Å². The molecule has 146 valence electrons. The molecular formula is C21H22BrN3OS2. The van der Waals surface area contributed by atoms with Crippen molar-refractivity contribution in [3.63, 3.8) is 0 Å². The molecule has 1 amide bonds. The summed E-state index contributed by atoms with van der Waals surface area (Å²) < 4.78 is 1.17. The number of carbonyl (C=O) groups excluding carboxylic acids is 1. The fourth-order valence-electron chi connectivity index (χ4n) is 3.36. The molecule has 0 radical (unpaired) electrons. The van der Waals surface area contributed by atoms with Gasteiger partial charge in [0.25, 0.3) is 0 Å². The number of rotatable bonds is 6. The molecule has 1 aliphatic heterocycles. The molecule has 0 atom stereocenters. The first-order valence-corrected chi connectivity index (χ1v) is 11.9. The zero-order valence-electron chi connectivity index (χ0n) is 15.5. The first-order chi connectivity index (χ1) is 13.7. The minimum absolute atomic E-state index is 0.190. The average molecular weight is 476 g/mol. The second kappa shape index (κ2) is 9.31. The average Bonchev–Trinajstić information content (AvgIpc) is 3.32. The lowest BCUT2D eigenvalue weighted by Gasteiger charge is -2.34. The van der Waals surface area contributed by atoms with Gasteiger partial charge in [-0.15, -0.1) is 22.7 Å². The molecule has 0 spiro atoms. The molecule has 7 heteroatoms. The van der Waals surface area contributed by atoms with Crippen LogP contribution < -0.4 is 0 Å². The van der Waals surface area contributed by atoms with E-state index in [1.54, 1.807) is 22.7 Å². The van der Waals surface area contributed by atoms with Crippen LogP contribution in [0.4, 0.5) is 0 Å². The van der Waals surface area contributed by atoms with Crippen LogP contribution >= 0.6 is 38.6 Å². The molecular weight excluding hydrogens is 454 g/mol. The fourth-order valence-corrected chi connectivity index (χ4v) is 5.71. The number of thiazole rings is 1. The van der Waals surface area contributed by atoms with Gasteiger partial charge >= 0.3 is 0 Å². The normalized spacial score (nSPS) is 15.1. The number of hydrogen-bond acceptors (Lipinski definition) is 5. The number of piperazine rings is 1. The molecule has 0 unspecified atom stereocenters. The third kappa shape index (κ3) is 5.29. The van der Waals surface area contributed by atoms with Gasteiger partial charge in [-0.05, 0) is 33.6 Å². The Hall–Kier alpha value is -1.54. The molecule has 0 N–H and O–H groups in total. The van der Waals surface area contributed by atoms with Gasteiger partial charge in [-0.25, -0.2) is 4.98 Å². The Bertz CT molecular complexity index is 917. The maximum atomic E-state index is 12.7. The highest BCUT2D eigenvalue weighted by atomic mass is 79.9. The number of aromatic nitrogens is 1. The van der Waals surface area contributed by atoms with Gasteiger partial charge in [0.1, 0.15) is 0 Å². The van der Waals surface area contributed by atoms with Crippen LogP contribution in [0.5, 0.6) is 0 Å². The van der Waals surface area contributed by atoms with Crippen LogP contribution in [0, 0.1) is 0 Å². The molecule has 28 heavy (non-hydrogen) atoms. The zero-order valence-corrected chi connectivity index (χ0v) is 18.7. The molecule has 0 aliphatic carbocycles. The Morgan fingerprint density at radius 3 is 2.57 bits per heavy atom. The van der Waals surface area contributed by atoms with Crippen molar-refractivity contribution < 1.29 is 4.79 Å². The maximum absolute atomic E-state index is 12.7. The van der Waals surface area contributed by atoms with E-state index in [9.17, 15) is 4.79 Å². The Morgan fingerprint density at radius 2 is 1.86 bits per heavy atom. The van der Waals surface area contributed by atoms with Crippen LogP contribution in [0.3, 0.4) is 0 Å².